The summed E-state index contributed by atoms with van der Waals surface area (Å²) in [5, 5.41) is 5.58. The Labute approximate surface area is 186 Å². The number of rotatable bonds is 7. The zero-order valence-electron chi connectivity index (χ0n) is 18.4. The van der Waals surface area contributed by atoms with Crippen LogP contribution >= 0.6 is 0 Å². The standard InChI is InChI=1S/C23H27N3O6/c1-4-31-22(27)20-16(24-23(28)25-21(20)17-6-5-9-32-17)13-26-8-7-14-10-18(29-2)19(30-3)11-15(14)12-26/h5-6,9-11,21H,4,7-8,12-13H2,1-3H3,(H2,24,25,28)/t21-/m0/s1. The molecular formula is C23H27N3O6. The average molecular weight is 441 g/mol. The van der Waals surface area contributed by atoms with Gasteiger partial charge < -0.3 is 29.3 Å². The Morgan fingerprint density at radius 1 is 1.22 bits per heavy atom. The number of amides is 2. The summed E-state index contributed by atoms with van der Waals surface area (Å²) in [4.78, 5) is 27.4. The molecular weight excluding hydrogens is 414 g/mol. The predicted molar refractivity (Wildman–Crippen MR) is 115 cm³/mol. The van der Waals surface area contributed by atoms with Gasteiger partial charge in [-0.3, -0.25) is 4.90 Å². The molecule has 0 aliphatic carbocycles. The number of carbonyl (C=O) groups is 2. The number of benzene rings is 1. The van der Waals surface area contributed by atoms with E-state index < -0.39 is 18.0 Å². The Kier molecular flexibility index (Phi) is 6.36. The third kappa shape index (κ3) is 4.29. The molecule has 170 valence electrons. The highest BCUT2D eigenvalue weighted by molar-refractivity contribution is 5.95. The number of esters is 1. The molecule has 1 aromatic carbocycles. The lowest BCUT2D eigenvalue weighted by atomic mass is 9.97. The Balaban J connectivity index is 1.64. The summed E-state index contributed by atoms with van der Waals surface area (Å²) in [6.07, 6.45) is 2.32. The van der Waals surface area contributed by atoms with Crippen molar-refractivity contribution in [2.45, 2.75) is 25.9 Å². The third-order valence-electron chi connectivity index (χ3n) is 5.66. The fraction of sp³-hybridized carbons (Fsp3) is 0.391. The lowest BCUT2D eigenvalue weighted by molar-refractivity contribution is -0.139. The van der Waals surface area contributed by atoms with Crippen molar-refractivity contribution in [3.8, 4) is 11.5 Å². The first-order chi connectivity index (χ1) is 15.5. The van der Waals surface area contributed by atoms with Crippen LogP contribution in [0.1, 0.15) is 29.9 Å². The minimum Gasteiger partial charge on any atom is -0.493 e. The van der Waals surface area contributed by atoms with E-state index in [2.05, 4.69) is 15.5 Å². The number of carbonyl (C=O) groups excluding carboxylic acids is 2. The van der Waals surface area contributed by atoms with Crippen LogP contribution in [0.15, 0.2) is 46.2 Å². The van der Waals surface area contributed by atoms with Crippen molar-refractivity contribution in [1.29, 1.82) is 0 Å². The Morgan fingerprint density at radius 2 is 1.97 bits per heavy atom. The van der Waals surface area contributed by atoms with Gasteiger partial charge in [0.05, 0.1) is 32.7 Å². The number of ether oxygens (including phenoxy) is 3. The molecule has 4 rings (SSSR count). The fourth-order valence-corrected chi connectivity index (χ4v) is 4.16. The molecule has 2 aromatic rings. The summed E-state index contributed by atoms with van der Waals surface area (Å²) in [5.74, 6) is 1.37. The Bertz CT molecular complexity index is 1030. The molecule has 3 heterocycles. The van der Waals surface area contributed by atoms with Crippen molar-refractivity contribution in [3.05, 3.63) is 58.7 Å². The maximum absolute atomic E-state index is 12.9. The van der Waals surface area contributed by atoms with E-state index in [4.69, 9.17) is 18.6 Å². The third-order valence-corrected chi connectivity index (χ3v) is 5.66. The first-order valence-electron chi connectivity index (χ1n) is 10.5. The smallest absolute Gasteiger partial charge is 0.338 e. The van der Waals surface area contributed by atoms with Crippen molar-refractivity contribution >= 4 is 12.0 Å². The van der Waals surface area contributed by atoms with E-state index in [0.717, 1.165) is 18.5 Å². The second kappa shape index (κ2) is 9.35. The van der Waals surface area contributed by atoms with Crippen molar-refractivity contribution in [2.24, 2.45) is 0 Å². The van der Waals surface area contributed by atoms with Gasteiger partial charge in [-0.25, -0.2) is 9.59 Å². The molecule has 2 N–H and O–H groups in total. The van der Waals surface area contributed by atoms with Gasteiger partial charge in [-0.1, -0.05) is 0 Å². The van der Waals surface area contributed by atoms with Crippen molar-refractivity contribution in [3.63, 3.8) is 0 Å². The fourth-order valence-electron chi connectivity index (χ4n) is 4.16. The second-order valence-corrected chi connectivity index (χ2v) is 7.60. The molecule has 0 bridgehead atoms. The van der Waals surface area contributed by atoms with E-state index in [1.54, 1.807) is 33.3 Å². The number of urea groups is 1. The van der Waals surface area contributed by atoms with E-state index in [1.165, 1.54) is 11.8 Å². The average Bonchev–Trinajstić information content (AvgIpc) is 3.32. The van der Waals surface area contributed by atoms with Crippen molar-refractivity contribution in [1.82, 2.24) is 15.5 Å². The summed E-state index contributed by atoms with van der Waals surface area (Å²) in [5.41, 5.74) is 3.17. The van der Waals surface area contributed by atoms with Crippen LogP contribution in [0.25, 0.3) is 0 Å². The molecule has 2 amide bonds. The predicted octanol–water partition coefficient (Wildman–Crippen LogP) is 2.53. The van der Waals surface area contributed by atoms with Crippen molar-refractivity contribution in [2.75, 3.05) is 33.9 Å². The minimum absolute atomic E-state index is 0.229. The molecule has 0 spiro atoms. The van der Waals surface area contributed by atoms with Crippen LogP contribution in [0.4, 0.5) is 4.79 Å². The molecule has 2 aliphatic heterocycles. The van der Waals surface area contributed by atoms with Crippen LogP contribution in [0.5, 0.6) is 11.5 Å². The summed E-state index contributed by atoms with van der Waals surface area (Å²) < 4.78 is 21.6. The highest BCUT2D eigenvalue weighted by atomic mass is 16.5. The lowest BCUT2D eigenvalue weighted by Crippen LogP contribution is -2.48. The van der Waals surface area contributed by atoms with Crippen molar-refractivity contribution < 1.29 is 28.2 Å². The first kappa shape index (κ1) is 21.8. The zero-order chi connectivity index (χ0) is 22.7. The van der Waals surface area contributed by atoms with E-state index in [-0.39, 0.29) is 6.61 Å². The second-order valence-electron chi connectivity index (χ2n) is 7.60. The van der Waals surface area contributed by atoms with Crippen LogP contribution in [0.2, 0.25) is 0 Å². The molecule has 0 fully saturated rings. The minimum atomic E-state index is -0.714. The van der Waals surface area contributed by atoms with Crippen LogP contribution in [0, 0.1) is 0 Å². The molecule has 0 saturated heterocycles. The largest absolute Gasteiger partial charge is 0.493 e. The number of nitrogens with zero attached hydrogens (tertiary/aromatic N) is 1. The number of fused-ring (bicyclic) bond motifs is 1. The maximum Gasteiger partial charge on any atom is 0.338 e. The molecule has 32 heavy (non-hydrogen) atoms. The number of methoxy groups -OCH3 is 2. The summed E-state index contributed by atoms with van der Waals surface area (Å²) in [6, 6.07) is 6.33. The molecule has 0 radical (unpaired) electrons. The Morgan fingerprint density at radius 3 is 2.62 bits per heavy atom. The van der Waals surface area contributed by atoms with Gasteiger partial charge in [0.1, 0.15) is 11.8 Å². The number of nitrogens with one attached hydrogen (secondary N) is 2. The highest BCUT2D eigenvalue weighted by Crippen LogP contribution is 2.34. The topological polar surface area (TPSA) is 102 Å². The van der Waals surface area contributed by atoms with Gasteiger partial charge in [-0.15, -0.1) is 0 Å². The van der Waals surface area contributed by atoms with Gasteiger partial charge >= 0.3 is 12.0 Å². The normalized spacial score (nSPS) is 18.5. The molecule has 0 unspecified atom stereocenters. The number of hydrogen-bond acceptors (Lipinski definition) is 7. The molecule has 9 nitrogen and oxygen atoms in total. The van der Waals surface area contributed by atoms with Gasteiger partial charge in [0.25, 0.3) is 0 Å². The molecule has 9 heteroatoms. The van der Waals surface area contributed by atoms with Crippen LogP contribution in [-0.4, -0.2) is 50.8 Å². The van der Waals surface area contributed by atoms with Gasteiger partial charge in [-0.05, 0) is 48.7 Å². The summed E-state index contributed by atoms with van der Waals surface area (Å²) in [7, 11) is 3.23. The number of hydrogen-bond donors (Lipinski definition) is 2. The van der Waals surface area contributed by atoms with Crippen LogP contribution in [-0.2, 0) is 22.5 Å². The van der Waals surface area contributed by atoms with E-state index >= 15 is 0 Å². The van der Waals surface area contributed by atoms with E-state index in [1.807, 2.05) is 12.1 Å². The first-order valence-corrected chi connectivity index (χ1v) is 10.5. The SMILES string of the molecule is CCOC(=O)C1=C(CN2CCc3cc(OC)c(OC)cc3C2)NC(=O)N[C@H]1c1ccco1. The van der Waals surface area contributed by atoms with E-state index in [9.17, 15) is 9.59 Å². The van der Waals surface area contributed by atoms with Gasteiger partial charge in [0.2, 0.25) is 0 Å². The van der Waals surface area contributed by atoms with E-state index in [0.29, 0.717) is 41.6 Å². The molecule has 1 aromatic heterocycles. The zero-order valence-corrected chi connectivity index (χ0v) is 18.4. The highest BCUT2D eigenvalue weighted by Gasteiger charge is 2.36. The van der Waals surface area contributed by atoms with Crippen LogP contribution < -0.4 is 20.1 Å². The molecule has 1 atom stereocenters. The van der Waals surface area contributed by atoms with Gasteiger partial charge in [0.15, 0.2) is 11.5 Å². The quantitative estimate of drug-likeness (QED) is 0.637. The molecule has 2 aliphatic rings. The molecule has 0 saturated carbocycles. The van der Waals surface area contributed by atoms with Gasteiger partial charge in [0, 0.05) is 25.3 Å². The Hall–Kier alpha value is -3.46. The summed E-state index contributed by atoms with van der Waals surface area (Å²) in [6.45, 7) is 3.76. The number of furan rings is 1. The lowest BCUT2D eigenvalue weighted by Gasteiger charge is -2.33. The monoisotopic (exact) mass is 441 g/mol. The maximum atomic E-state index is 12.9. The summed E-state index contributed by atoms with van der Waals surface area (Å²) >= 11 is 0. The van der Waals surface area contributed by atoms with Gasteiger partial charge in [-0.2, -0.15) is 0 Å². The van der Waals surface area contributed by atoms with Crippen LogP contribution in [0.3, 0.4) is 0 Å².